The molecule has 34 heavy (non-hydrogen) atoms. The Morgan fingerprint density at radius 1 is 1.03 bits per heavy atom. The van der Waals surface area contributed by atoms with Gasteiger partial charge < -0.3 is 9.80 Å². The highest BCUT2D eigenvalue weighted by molar-refractivity contribution is 7.86. The quantitative estimate of drug-likeness (QED) is 0.354. The molecule has 2 saturated heterocycles. The maximum atomic E-state index is 12.9. The van der Waals surface area contributed by atoms with E-state index in [1.165, 1.54) is 32.5 Å². The van der Waals surface area contributed by atoms with Crippen LogP contribution in [0.3, 0.4) is 0 Å². The van der Waals surface area contributed by atoms with E-state index < -0.39 is 33.7 Å². The lowest BCUT2D eigenvalue weighted by molar-refractivity contribution is -0.144. The Morgan fingerprint density at radius 3 is 2.26 bits per heavy atom. The topological polar surface area (TPSA) is 102 Å². The van der Waals surface area contributed by atoms with Gasteiger partial charge in [0, 0.05) is 73.5 Å². The van der Waals surface area contributed by atoms with Crippen molar-refractivity contribution in [1.29, 1.82) is 0 Å². The number of halogens is 2. The van der Waals surface area contributed by atoms with E-state index in [-0.39, 0.29) is 13.1 Å². The van der Waals surface area contributed by atoms with Crippen molar-refractivity contribution >= 4 is 51.0 Å². The van der Waals surface area contributed by atoms with Crippen molar-refractivity contribution in [3.05, 3.63) is 33.8 Å². The number of amides is 2. The summed E-state index contributed by atoms with van der Waals surface area (Å²) >= 11 is 12.0. The van der Waals surface area contributed by atoms with Crippen LogP contribution in [0.15, 0.2) is 18.2 Å². The van der Waals surface area contributed by atoms with Gasteiger partial charge in [-0.05, 0) is 17.7 Å². The smallest absolute Gasteiger partial charge is 0.290 e. The van der Waals surface area contributed by atoms with Crippen molar-refractivity contribution in [2.24, 2.45) is 5.92 Å². The third-order valence-electron chi connectivity index (χ3n) is 6.10. The minimum Gasteiger partial charge on any atom is -0.341 e. The van der Waals surface area contributed by atoms with Crippen molar-refractivity contribution in [2.45, 2.75) is 6.54 Å². The van der Waals surface area contributed by atoms with Crippen LogP contribution in [0.1, 0.15) is 5.56 Å². The van der Waals surface area contributed by atoms with Crippen LogP contribution in [-0.2, 0) is 31.1 Å². The average molecular weight is 534 g/mol. The van der Waals surface area contributed by atoms with E-state index in [4.69, 9.17) is 23.2 Å². The summed E-state index contributed by atoms with van der Waals surface area (Å²) in [6.07, 6.45) is 0. The normalized spacial score (nSPS) is 20.4. The molecule has 2 heterocycles. The van der Waals surface area contributed by atoms with Gasteiger partial charge in [0.2, 0.25) is 11.7 Å². The van der Waals surface area contributed by atoms with Crippen LogP contribution in [0, 0.1) is 5.92 Å². The minimum absolute atomic E-state index is 0.0389. The van der Waals surface area contributed by atoms with Crippen molar-refractivity contribution < 1.29 is 22.8 Å². The van der Waals surface area contributed by atoms with E-state index >= 15 is 0 Å². The van der Waals surface area contributed by atoms with Crippen molar-refractivity contribution in [1.82, 2.24) is 23.3 Å². The van der Waals surface area contributed by atoms with Crippen molar-refractivity contribution in [3.63, 3.8) is 0 Å². The summed E-state index contributed by atoms with van der Waals surface area (Å²) < 4.78 is 27.1. The first-order valence-corrected chi connectivity index (χ1v) is 13.0. The summed E-state index contributed by atoms with van der Waals surface area (Å²) in [5.74, 6) is -2.82. The SMILES string of the molecule is CN(Cc1ccc(Cl)c(Cl)c1)C(=O)C1CN(CCN2CCN(S(=O)(=O)N(C)C)CC2)C(=O)C1=O. The molecule has 0 N–H and O–H groups in total. The van der Waals surface area contributed by atoms with Gasteiger partial charge in [0.05, 0.1) is 10.0 Å². The van der Waals surface area contributed by atoms with Crippen molar-refractivity contribution in [3.8, 4) is 0 Å². The molecule has 0 aliphatic carbocycles. The predicted molar refractivity (Wildman–Crippen MR) is 129 cm³/mol. The van der Waals surface area contributed by atoms with E-state index in [1.807, 2.05) is 4.90 Å². The fourth-order valence-electron chi connectivity index (χ4n) is 4.01. The molecule has 2 aliphatic rings. The summed E-state index contributed by atoms with van der Waals surface area (Å²) in [5.41, 5.74) is 0.759. The van der Waals surface area contributed by atoms with Gasteiger partial charge in [0.15, 0.2) is 0 Å². The Morgan fingerprint density at radius 2 is 1.68 bits per heavy atom. The molecule has 188 valence electrons. The number of benzene rings is 1. The molecular formula is C21H29Cl2N5O5S. The first kappa shape index (κ1) is 26.8. The number of rotatable bonds is 8. The zero-order chi connectivity index (χ0) is 25.2. The molecule has 1 aromatic rings. The second kappa shape index (κ2) is 10.9. The fraction of sp³-hybridized carbons (Fsp3) is 0.571. The van der Waals surface area contributed by atoms with Crippen LogP contribution < -0.4 is 0 Å². The molecule has 0 spiro atoms. The summed E-state index contributed by atoms with van der Waals surface area (Å²) in [7, 11) is 1.12. The fourth-order valence-corrected chi connectivity index (χ4v) is 5.41. The average Bonchev–Trinajstić information content (AvgIpc) is 3.08. The largest absolute Gasteiger partial charge is 0.341 e. The number of piperazine rings is 1. The molecule has 13 heteroatoms. The van der Waals surface area contributed by atoms with Crippen LogP contribution >= 0.6 is 23.2 Å². The molecule has 10 nitrogen and oxygen atoms in total. The summed E-state index contributed by atoms with van der Waals surface area (Å²) in [6.45, 7) is 2.82. The Bertz CT molecular complexity index is 1060. The Hall–Kier alpha value is -1.76. The number of ketones is 1. The van der Waals surface area contributed by atoms with Gasteiger partial charge in [0.1, 0.15) is 5.92 Å². The lowest BCUT2D eigenvalue weighted by atomic mass is 10.1. The zero-order valence-electron chi connectivity index (χ0n) is 19.4. The monoisotopic (exact) mass is 533 g/mol. The molecule has 0 bridgehead atoms. The van der Waals surface area contributed by atoms with Gasteiger partial charge in [-0.3, -0.25) is 19.3 Å². The third kappa shape index (κ3) is 5.89. The number of carbonyl (C=O) groups excluding carboxylic acids is 3. The van der Waals surface area contributed by atoms with Crippen LogP contribution in [0.5, 0.6) is 0 Å². The molecule has 1 atom stereocenters. The lowest BCUT2D eigenvalue weighted by Gasteiger charge is -2.35. The predicted octanol–water partition coefficient (Wildman–Crippen LogP) is 0.403. The maximum Gasteiger partial charge on any atom is 0.290 e. The molecule has 1 aromatic carbocycles. The van der Waals surface area contributed by atoms with E-state index in [0.717, 1.165) is 5.56 Å². The van der Waals surface area contributed by atoms with E-state index in [2.05, 4.69) is 0 Å². The van der Waals surface area contributed by atoms with E-state index in [1.54, 1.807) is 25.2 Å². The van der Waals surface area contributed by atoms with Gasteiger partial charge in [-0.1, -0.05) is 29.3 Å². The number of hydrogen-bond donors (Lipinski definition) is 0. The van der Waals surface area contributed by atoms with Gasteiger partial charge in [0.25, 0.3) is 16.1 Å². The van der Waals surface area contributed by atoms with Gasteiger partial charge in [-0.15, -0.1) is 0 Å². The molecule has 0 radical (unpaired) electrons. The molecule has 0 saturated carbocycles. The number of hydrogen-bond acceptors (Lipinski definition) is 6. The Balaban J connectivity index is 1.52. The van der Waals surface area contributed by atoms with Gasteiger partial charge in [-0.2, -0.15) is 17.0 Å². The van der Waals surface area contributed by atoms with Crippen LogP contribution in [-0.4, -0.2) is 116 Å². The maximum absolute atomic E-state index is 12.9. The highest BCUT2D eigenvalue weighted by Gasteiger charge is 2.44. The standard InChI is InChI=1S/C21H29Cl2N5O5S/c1-24(2)34(32,33)28-10-7-26(8-11-28)6-9-27-14-16(19(29)21(27)31)20(30)25(3)13-15-4-5-17(22)18(23)12-15/h4-5,12,16H,6-11,13-14H2,1-3H3. The second-order valence-electron chi connectivity index (χ2n) is 8.64. The van der Waals surface area contributed by atoms with Crippen molar-refractivity contribution in [2.75, 3.05) is 67.0 Å². The molecule has 2 amide bonds. The Kier molecular flexibility index (Phi) is 8.59. The molecule has 3 rings (SSSR count). The summed E-state index contributed by atoms with van der Waals surface area (Å²) in [4.78, 5) is 42.7. The van der Waals surface area contributed by atoms with E-state index in [0.29, 0.717) is 49.3 Å². The molecule has 2 fully saturated rings. The van der Waals surface area contributed by atoms with Gasteiger partial charge >= 0.3 is 0 Å². The van der Waals surface area contributed by atoms with E-state index in [9.17, 15) is 22.8 Å². The number of nitrogens with zero attached hydrogens (tertiary/aromatic N) is 5. The molecule has 1 unspecified atom stereocenters. The zero-order valence-corrected chi connectivity index (χ0v) is 21.7. The summed E-state index contributed by atoms with van der Waals surface area (Å²) in [5, 5.41) is 0.783. The van der Waals surface area contributed by atoms with Crippen LogP contribution in [0.25, 0.3) is 0 Å². The van der Waals surface area contributed by atoms with Crippen LogP contribution in [0.4, 0.5) is 0 Å². The first-order valence-electron chi connectivity index (χ1n) is 10.8. The highest BCUT2D eigenvalue weighted by Crippen LogP contribution is 2.24. The molecular weight excluding hydrogens is 505 g/mol. The molecule has 2 aliphatic heterocycles. The third-order valence-corrected chi connectivity index (χ3v) is 8.78. The highest BCUT2D eigenvalue weighted by atomic mass is 35.5. The lowest BCUT2D eigenvalue weighted by Crippen LogP contribution is -2.52. The van der Waals surface area contributed by atoms with Crippen LogP contribution in [0.2, 0.25) is 10.0 Å². The number of likely N-dealkylation sites (tertiary alicyclic amines) is 1. The number of Topliss-reactive ketones (excluding diaryl/α,β-unsaturated/α-hetero) is 1. The summed E-state index contributed by atoms with van der Waals surface area (Å²) in [6, 6.07) is 5.04. The van der Waals surface area contributed by atoms with Gasteiger partial charge in [-0.25, -0.2) is 0 Å². The second-order valence-corrected chi connectivity index (χ2v) is 11.6. The first-order chi connectivity index (χ1) is 15.9. The molecule has 0 aromatic heterocycles. The number of carbonyl (C=O) groups is 3. The Labute approximate surface area is 210 Å². The minimum atomic E-state index is -3.45.